The van der Waals surface area contributed by atoms with Gasteiger partial charge in [0.25, 0.3) is 0 Å². The van der Waals surface area contributed by atoms with Gasteiger partial charge in [-0.05, 0) is 51.5 Å². The number of rotatable bonds is 2. The summed E-state index contributed by atoms with van der Waals surface area (Å²) in [6.07, 6.45) is 1.65. The summed E-state index contributed by atoms with van der Waals surface area (Å²) < 4.78 is 25.9. The van der Waals surface area contributed by atoms with Gasteiger partial charge in [0.05, 0.1) is 16.8 Å². The van der Waals surface area contributed by atoms with Crippen molar-refractivity contribution in [3.8, 4) is 11.1 Å². The fourth-order valence-corrected chi connectivity index (χ4v) is 2.40. The van der Waals surface area contributed by atoms with Gasteiger partial charge in [-0.25, -0.2) is 4.39 Å². The van der Waals surface area contributed by atoms with Gasteiger partial charge in [0, 0.05) is 11.8 Å². The minimum absolute atomic E-state index is 0.256. The Morgan fingerprint density at radius 3 is 2.27 bits per heavy atom. The number of nitrogens with zero attached hydrogens (tertiary/aromatic N) is 1. The first-order valence-electron chi connectivity index (χ1n) is 7.37. The summed E-state index contributed by atoms with van der Waals surface area (Å²) in [4.78, 5) is 4.34. The Bertz CT molecular complexity index is 687. The molecule has 3 nitrogen and oxygen atoms in total. The molecule has 1 aliphatic heterocycles. The van der Waals surface area contributed by atoms with Crippen molar-refractivity contribution in [3.05, 3.63) is 48.4 Å². The molecule has 22 heavy (non-hydrogen) atoms. The second-order valence-electron chi connectivity index (χ2n) is 6.54. The largest absolute Gasteiger partial charge is 0.514 e. The van der Waals surface area contributed by atoms with Crippen molar-refractivity contribution in [1.29, 1.82) is 0 Å². The Morgan fingerprint density at radius 1 is 1.00 bits per heavy atom. The molecule has 0 amide bonds. The standard InChI is InChI=1S/C17H19BFNO2/c1-16(2)17(3,4)22-18(21-16)15-11-12(9-10-20-15)13-7-5-6-8-14(13)19/h5-11H,1-4H3. The maximum atomic E-state index is 13.9. The summed E-state index contributed by atoms with van der Waals surface area (Å²) in [6, 6.07) is 10.3. The zero-order chi connectivity index (χ0) is 16.0. The van der Waals surface area contributed by atoms with Crippen LogP contribution in [0.5, 0.6) is 0 Å². The third-order valence-electron chi connectivity index (χ3n) is 4.46. The van der Waals surface area contributed by atoms with E-state index >= 15 is 0 Å². The lowest BCUT2D eigenvalue weighted by atomic mass is 9.83. The fourth-order valence-electron chi connectivity index (χ4n) is 2.40. The molecule has 2 aromatic rings. The molecule has 0 atom stereocenters. The van der Waals surface area contributed by atoms with E-state index in [2.05, 4.69) is 4.98 Å². The first kappa shape index (κ1) is 15.2. The van der Waals surface area contributed by atoms with Crippen molar-refractivity contribution in [2.45, 2.75) is 38.9 Å². The zero-order valence-electron chi connectivity index (χ0n) is 13.3. The van der Waals surface area contributed by atoms with E-state index < -0.39 is 18.3 Å². The van der Waals surface area contributed by atoms with Crippen molar-refractivity contribution in [3.63, 3.8) is 0 Å². The van der Waals surface area contributed by atoms with Gasteiger partial charge < -0.3 is 9.31 Å². The fraction of sp³-hybridized carbons (Fsp3) is 0.353. The maximum absolute atomic E-state index is 13.9. The van der Waals surface area contributed by atoms with Crippen molar-refractivity contribution >= 4 is 12.7 Å². The van der Waals surface area contributed by atoms with Crippen LogP contribution in [0.1, 0.15) is 27.7 Å². The highest BCUT2D eigenvalue weighted by Crippen LogP contribution is 2.36. The van der Waals surface area contributed by atoms with Crippen LogP contribution in [0.4, 0.5) is 4.39 Å². The SMILES string of the molecule is CC1(C)OB(c2cc(-c3ccccc3F)ccn2)OC1(C)C. The maximum Gasteiger partial charge on any atom is 0.514 e. The average Bonchev–Trinajstić information content (AvgIpc) is 2.68. The van der Waals surface area contributed by atoms with Gasteiger partial charge in [-0.2, -0.15) is 0 Å². The molecule has 1 aliphatic rings. The van der Waals surface area contributed by atoms with Crippen LogP contribution in [0.3, 0.4) is 0 Å². The van der Waals surface area contributed by atoms with E-state index in [4.69, 9.17) is 9.31 Å². The van der Waals surface area contributed by atoms with E-state index in [9.17, 15) is 4.39 Å². The summed E-state index contributed by atoms with van der Waals surface area (Å²) in [6.45, 7) is 7.98. The lowest BCUT2D eigenvalue weighted by molar-refractivity contribution is 0.00578. The van der Waals surface area contributed by atoms with Gasteiger partial charge in [-0.1, -0.05) is 18.2 Å². The van der Waals surface area contributed by atoms with Crippen LogP contribution in [-0.4, -0.2) is 23.3 Å². The number of halogens is 1. The van der Waals surface area contributed by atoms with Gasteiger partial charge >= 0.3 is 7.12 Å². The molecular formula is C17H19BFNO2. The molecular weight excluding hydrogens is 280 g/mol. The van der Waals surface area contributed by atoms with Gasteiger partial charge in [0.2, 0.25) is 0 Å². The van der Waals surface area contributed by atoms with Gasteiger partial charge in [-0.3, -0.25) is 4.98 Å². The third kappa shape index (κ3) is 2.55. The molecule has 0 N–H and O–H groups in total. The normalized spacial score (nSPS) is 19.4. The summed E-state index contributed by atoms with van der Waals surface area (Å²) in [5, 5.41) is 0. The molecule has 1 saturated heterocycles. The molecule has 114 valence electrons. The highest BCUT2D eigenvalue weighted by molar-refractivity contribution is 6.61. The van der Waals surface area contributed by atoms with E-state index in [1.54, 1.807) is 24.4 Å². The smallest absolute Gasteiger partial charge is 0.398 e. The molecule has 0 spiro atoms. The van der Waals surface area contributed by atoms with Crippen LogP contribution >= 0.6 is 0 Å². The minimum Gasteiger partial charge on any atom is -0.398 e. The molecule has 0 radical (unpaired) electrons. The molecule has 0 aliphatic carbocycles. The first-order chi connectivity index (χ1) is 10.3. The lowest BCUT2D eigenvalue weighted by Gasteiger charge is -2.32. The molecule has 0 bridgehead atoms. The summed E-state index contributed by atoms with van der Waals surface area (Å²) in [5.41, 5.74) is 1.11. The van der Waals surface area contributed by atoms with Gasteiger partial charge in [0.15, 0.2) is 0 Å². The predicted octanol–water partition coefficient (Wildman–Crippen LogP) is 3.19. The zero-order valence-corrected chi connectivity index (χ0v) is 13.3. The molecule has 1 fully saturated rings. The predicted molar refractivity (Wildman–Crippen MR) is 85.3 cm³/mol. The second-order valence-corrected chi connectivity index (χ2v) is 6.54. The van der Waals surface area contributed by atoms with Crippen LogP contribution in [0, 0.1) is 5.82 Å². The van der Waals surface area contributed by atoms with Crippen molar-refractivity contribution in [2.75, 3.05) is 0 Å². The quantitative estimate of drug-likeness (QED) is 0.798. The Kier molecular flexibility index (Phi) is 3.58. The number of benzene rings is 1. The van der Waals surface area contributed by atoms with E-state index in [1.807, 2.05) is 39.8 Å². The first-order valence-corrected chi connectivity index (χ1v) is 7.37. The van der Waals surface area contributed by atoms with Crippen molar-refractivity contribution in [2.24, 2.45) is 0 Å². The second kappa shape index (κ2) is 5.18. The van der Waals surface area contributed by atoms with Crippen molar-refractivity contribution < 1.29 is 13.7 Å². The third-order valence-corrected chi connectivity index (χ3v) is 4.46. The topological polar surface area (TPSA) is 31.4 Å². The lowest BCUT2D eigenvalue weighted by Crippen LogP contribution is -2.41. The minimum atomic E-state index is -0.545. The van der Waals surface area contributed by atoms with E-state index in [1.165, 1.54) is 6.07 Å². The Labute approximate surface area is 130 Å². The summed E-state index contributed by atoms with van der Waals surface area (Å²) in [7, 11) is -0.545. The van der Waals surface area contributed by atoms with Crippen LogP contribution in [0.25, 0.3) is 11.1 Å². The number of hydrogen-bond donors (Lipinski definition) is 0. The number of hydrogen-bond acceptors (Lipinski definition) is 3. The van der Waals surface area contributed by atoms with Gasteiger partial charge in [-0.15, -0.1) is 0 Å². The Balaban J connectivity index is 1.95. The molecule has 2 heterocycles. The van der Waals surface area contributed by atoms with Crippen LogP contribution in [-0.2, 0) is 9.31 Å². The summed E-state index contributed by atoms with van der Waals surface area (Å²) in [5.74, 6) is -0.256. The van der Waals surface area contributed by atoms with Crippen LogP contribution < -0.4 is 5.59 Å². The Morgan fingerprint density at radius 2 is 1.64 bits per heavy atom. The Hall–Kier alpha value is -1.72. The highest BCUT2D eigenvalue weighted by atomic mass is 19.1. The van der Waals surface area contributed by atoms with Crippen LogP contribution in [0.2, 0.25) is 0 Å². The molecule has 0 saturated carbocycles. The number of pyridine rings is 1. The molecule has 3 rings (SSSR count). The molecule has 1 aromatic heterocycles. The summed E-state index contributed by atoms with van der Waals surface area (Å²) >= 11 is 0. The van der Waals surface area contributed by atoms with E-state index in [-0.39, 0.29) is 5.82 Å². The molecule has 1 aromatic carbocycles. The van der Waals surface area contributed by atoms with E-state index in [0.29, 0.717) is 11.2 Å². The highest BCUT2D eigenvalue weighted by Gasteiger charge is 2.52. The van der Waals surface area contributed by atoms with E-state index in [0.717, 1.165) is 5.56 Å². The molecule has 0 unspecified atom stereocenters. The van der Waals surface area contributed by atoms with Gasteiger partial charge in [0.1, 0.15) is 5.82 Å². The van der Waals surface area contributed by atoms with Crippen molar-refractivity contribution in [1.82, 2.24) is 4.98 Å². The molecule has 5 heteroatoms. The van der Waals surface area contributed by atoms with Crippen LogP contribution in [0.15, 0.2) is 42.6 Å². The number of aromatic nitrogens is 1. The monoisotopic (exact) mass is 299 g/mol. The average molecular weight is 299 g/mol.